The van der Waals surface area contributed by atoms with Gasteiger partial charge in [0.25, 0.3) is 0 Å². The molecule has 0 spiro atoms. The average molecular weight is 374 g/mol. The Hall–Kier alpha value is -1.05. The van der Waals surface area contributed by atoms with Crippen LogP contribution >= 0.6 is 22.6 Å². The summed E-state index contributed by atoms with van der Waals surface area (Å²) in [4.78, 5) is 0. The smallest absolute Gasteiger partial charge is 0.124 e. The van der Waals surface area contributed by atoms with Crippen LogP contribution in [-0.2, 0) is 0 Å². The van der Waals surface area contributed by atoms with Crippen LogP contribution in [0.3, 0.4) is 0 Å². The molecule has 0 amide bonds. The van der Waals surface area contributed by atoms with Crippen molar-refractivity contribution in [2.75, 3.05) is 0 Å². The van der Waals surface area contributed by atoms with Crippen LogP contribution in [0.5, 0.6) is 0 Å². The number of hydrazine groups is 1. The van der Waals surface area contributed by atoms with Gasteiger partial charge >= 0.3 is 0 Å². The molecule has 2 aromatic carbocycles. The van der Waals surface area contributed by atoms with Gasteiger partial charge in [0.2, 0.25) is 0 Å². The standard InChI is InChI=1S/C14H13F2IN2/c1-8-4-9(6-11(16)5-8)14(19-18)12-3-2-10(15)7-13(12)17/h2-7,14,19H,18H2,1H3. The van der Waals surface area contributed by atoms with Crippen molar-refractivity contribution in [3.63, 3.8) is 0 Å². The third kappa shape index (κ3) is 3.29. The molecule has 2 aromatic rings. The molecule has 2 rings (SSSR count). The van der Waals surface area contributed by atoms with Gasteiger partial charge in [0.15, 0.2) is 0 Å². The molecule has 0 aliphatic rings. The van der Waals surface area contributed by atoms with Crippen LogP contribution in [0.25, 0.3) is 0 Å². The second-order valence-corrected chi connectivity index (χ2v) is 5.49. The summed E-state index contributed by atoms with van der Waals surface area (Å²) < 4.78 is 27.3. The molecule has 1 atom stereocenters. The van der Waals surface area contributed by atoms with Gasteiger partial charge in [-0.2, -0.15) is 0 Å². The normalized spacial score (nSPS) is 12.5. The van der Waals surface area contributed by atoms with E-state index in [2.05, 4.69) is 5.43 Å². The van der Waals surface area contributed by atoms with Gasteiger partial charge in [-0.25, -0.2) is 14.2 Å². The molecular formula is C14H13F2IN2. The van der Waals surface area contributed by atoms with Crippen molar-refractivity contribution in [1.82, 2.24) is 5.43 Å². The molecular weight excluding hydrogens is 361 g/mol. The van der Waals surface area contributed by atoms with Crippen molar-refractivity contribution in [3.05, 3.63) is 68.3 Å². The Morgan fingerprint density at radius 3 is 2.42 bits per heavy atom. The van der Waals surface area contributed by atoms with Gasteiger partial charge in [0.1, 0.15) is 11.6 Å². The summed E-state index contributed by atoms with van der Waals surface area (Å²) >= 11 is 2.04. The van der Waals surface area contributed by atoms with E-state index in [0.717, 1.165) is 14.7 Å². The molecule has 5 heteroatoms. The zero-order chi connectivity index (χ0) is 14.0. The molecule has 0 heterocycles. The van der Waals surface area contributed by atoms with Crippen LogP contribution in [-0.4, -0.2) is 0 Å². The van der Waals surface area contributed by atoms with Gasteiger partial charge in [0.05, 0.1) is 6.04 Å². The van der Waals surface area contributed by atoms with Crippen molar-refractivity contribution in [3.8, 4) is 0 Å². The van der Waals surface area contributed by atoms with Crippen molar-refractivity contribution < 1.29 is 8.78 Å². The van der Waals surface area contributed by atoms with Crippen LogP contribution in [0.15, 0.2) is 36.4 Å². The number of benzene rings is 2. The monoisotopic (exact) mass is 374 g/mol. The fourth-order valence-corrected chi connectivity index (χ4v) is 2.82. The van der Waals surface area contributed by atoms with Gasteiger partial charge in [-0.15, -0.1) is 0 Å². The first-order chi connectivity index (χ1) is 9.01. The quantitative estimate of drug-likeness (QED) is 0.491. The zero-order valence-electron chi connectivity index (χ0n) is 10.3. The van der Waals surface area contributed by atoms with E-state index in [1.807, 2.05) is 35.6 Å². The predicted octanol–water partition coefficient (Wildman–Crippen LogP) is 3.43. The Morgan fingerprint density at radius 2 is 1.84 bits per heavy atom. The second kappa shape index (κ2) is 5.94. The van der Waals surface area contributed by atoms with E-state index in [4.69, 9.17) is 5.84 Å². The number of nitrogens with two attached hydrogens (primary N) is 1. The van der Waals surface area contributed by atoms with Gasteiger partial charge in [-0.05, 0) is 70.5 Å². The third-order valence-corrected chi connectivity index (χ3v) is 3.77. The molecule has 0 bridgehead atoms. The fraction of sp³-hybridized carbons (Fsp3) is 0.143. The maximum atomic E-state index is 13.5. The molecule has 0 aliphatic heterocycles. The maximum Gasteiger partial charge on any atom is 0.124 e. The Morgan fingerprint density at radius 1 is 1.11 bits per heavy atom. The number of aryl methyl sites for hydroxylation is 1. The Balaban J connectivity index is 2.49. The number of hydrogen-bond donors (Lipinski definition) is 2. The number of nitrogens with one attached hydrogen (secondary N) is 1. The minimum absolute atomic E-state index is 0.306. The molecule has 2 nitrogen and oxygen atoms in total. The van der Waals surface area contributed by atoms with Gasteiger partial charge in [-0.3, -0.25) is 5.84 Å². The predicted molar refractivity (Wildman–Crippen MR) is 79.4 cm³/mol. The van der Waals surface area contributed by atoms with E-state index in [-0.39, 0.29) is 17.7 Å². The summed E-state index contributed by atoms with van der Waals surface area (Å²) in [5.41, 5.74) is 4.99. The largest absolute Gasteiger partial charge is 0.271 e. The molecule has 19 heavy (non-hydrogen) atoms. The lowest BCUT2D eigenvalue weighted by Gasteiger charge is -2.19. The number of hydrogen-bond acceptors (Lipinski definition) is 2. The van der Waals surface area contributed by atoms with E-state index < -0.39 is 0 Å². The van der Waals surface area contributed by atoms with E-state index >= 15 is 0 Å². The summed E-state index contributed by atoms with van der Waals surface area (Å²) in [5, 5.41) is 0. The first kappa shape index (κ1) is 14.4. The summed E-state index contributed by atoms with van der Waals surface area (Å²) in [6.07, 6.45) is 0. The summed E-state index contributed by atoms with van der Waals surface area (Å²) in [6.45, 7) is 1.82. The van der Waals surface area contributed by atoms with Crippen LogP contribution in [0.2, 0.25) is 0 Å². The van der Waals surface area contributed by atoms with Crippen molar-refractivity contribution in [1.29, 1.82) is 0 Å². The topological polar surface area (TPSA) is 38.0 Å². The lowest BCUT2D eigenvalue weighted by Crippen LogP contribution is -2.29. The van der Waals surface area contributed by atoms with E-state index in [0.29, 0.717) is 5.56 Å². The highest BCUT2D eigenvalue weighted by Gasteiger charge is 2.16. The fourth-order valence-electron chi connectivity index (χ4n) is 2.03. The highest BCUT2D eigenvalue weighted by molar-refractivity contribution is 14.1. The summed E-state index contributed by atoms with van der Waals surface area (Å²) in [6, 6.07) is 8.81. The lowest BCUT2D eigenvalue weighted by atomic mass is 9.98. The first-order valence-corrected chi connectivity index (χ1v) is 6.77. The molecule has 0 fully saturated rings. The third-order valence-electron chi connectivity index (χ3n) is 2.84. The van der Waals surface area contributed by atoms with E-state index in [9.17, 15) is 8.78 Å². The minimum Gasteiger partial charge on any atom is -0.271 e. The SMILES string of the molecule is Cc1cc(F)cc(C(NN)c2ccc(F)cc2I)c1. The van der Waals surface area contributed by atoms with E-state index in [1.165, 1.54) is 24.3 Å². The molecule has 0 saturated carbocycles. The summed E-state index contributed by atoms with van der Waals surface area (Å²) in [7, 11) is 0. The van der Waals surface area contributed by atoms with Gasteiger partial charge < -0.3 is 0 Å². The van der Waals surface area contributed by atoms with E-state index in [1.54, 1.807) is 6.07 Å². The Kier molecular flexibility index (Phi) is 4.49. The summed E-state index contributed by atoms with van der Waals surface area (Å²) in [5.74, 6) is 4.96. The van der Waals surface area contributed by atoms with Gasteiger partial charge in [-0.1, -0.05) is 12.1 Å². The molecule has 100 valence electrons. The van der Waals surface area contributed by atoms with Crippen molar-refractivity contribution >= 4 is 22.6 Å². The molecule has 0 aliphatic carbocycles. The lowest BCUT2D eigenvalue weighted by molar-refractivity contribution is 0.598. The molecule has 1 unspecified atom stereocenters. The van der Waals surface area contributed by atoms with Crippen LogP contribution < -0.4 is 11.3 Å². The molecule has 3 N–H and O–H groups in total. The highest BCUT2D eigenvalue weighted by atomic mass is 127. The second-order valence-electron chi connectivity index (χ2n) is 4.33. The molecule has 0 saturated heterocycles. The van der Waals surface area contributed by atoms with Crippen LogP contribution in [0.4, 0.5) is 8.78 Å². The number of halogens is 3. The molecule has 0 aromatic heterocycles. The Labute approximate surface area is 124 Å². The van der Waals surface area contributed by atoms with Crippen LogP contribution in [0.1, 0.15) is 22.7 Å². The first-order valence-electron chi connectivity index (χ1n) is 5.69. The Bertz CT molecular complexity index is 582. The maximum absolute atomic E-state index is 13.5. The number of rotatable bonds is 3. The van der Waals surface area contributed by atoms with Crippen molar-refractivity contribution in [2.45, 2.75) is 13.0 Å². The highest BCUT2D eigenvalue weighted by Crippen LogP contribution is 2.27. The van der Waals surface area contributed by atoms with Gasteiger partial charge in [0, 0.05) is 3.57 Å². The zero-order valence-corrected chi connectivity index (χ0v) is 12.4. The van der Waals surface area contributed by atoms with Crippen molar-refractivity contribution in [2.24, 2.45) is 5.84 Å². The minimum atomic E-state index is -0.373. The average Bonchev–Trinajstić information content (AvgIpc) is 2.31. The molecule has 0 radical (unpaired) electrons. The van der Waals surface area contributed by atoms with Crippen LogP contribution in [0, 0.1) is 22.1 Å².